The van der Waals surface area contributed by atoms with Crippen LogP contribution in [0.25, 0.3) is 0 Å². The van der Waals surface area contributed by atoms with Crippen molar-refractivity contribution in [2.75, 3.05) is 19.4 Å². The highest BCUT2D eigenvalue weighted by Gasteiger charge is 2.12. The topological polar surface area (TPSA) is 40.5 Å². The van der Waals surface area contributed by atoms with Crippen LogP contribution in [0.5, 0.6) is 0 Å². The molecule has 1 rings (SSSR count). The van der Waals surface area contributed by atoms with Gasteiger partial charge in [-0.25, -0.2) is 0 Å². The Balaban J connectivity index is 2.47. The number of benzene rings is 1. The van der Waals surface area contributed by atoms with E-state index in [2.05, 4.69) is 13.0 Å². The highest BCUT2D eigenvalue weighted by molar-refractivity contribution is 8.00. The summed E-state index contributed by atoms with van der Waals surface area (Å²) in [7, 11) is 1.82. The monoisotopic (exact) mass is 267 g/mol. The summed E-state index contributed by atoms with van der Waals surface area (Å²) in [4.78, 5) is 13.6. The zero-order valence-electron chi connectivity index (χ0n) is 11.2. The number of amides is 1. The summed E-state index contributed by atoms with van der Waals surface area (Å²) in [6.45, 7) is 4.72. The number of carbonyl (C=O) groups is 1. The molecule has 0 aliphatic carbocycles. The second kappa shape index (κ2) is 7.44. The van der Waals surface area contributed by atoms with Crippen molar-refractivity contribution in [3.8, 4) is 0 Å². The first-order valence-electron chi connectivity index (χ1n) is 6.05. The van der Waals surface area contributed by atoms with E-state index < -0.39 is 0 Å². The Morgan fingerprint density at radius 2 is 2.11 bits per heavy atom. The predicted molar refractivity (Wildman–Crippen MR) is 76.7 cm³/mol. The van der Waals surface area contributed by atoms with Gasteiger partial charge in [-0.3, -0.25) is 4.79 Å². The molecule has 0 aliphatic rings. The van der Waals surface area contributed by atoms with Crippen molar-refractivity contribution < 1.29 is 9.90 Å². The van der Waals surface area contributed by atoms with Crippen LogP contribution in [0.1, 0.15) is 18.1 Å². The molecule has 4 heteroatoms. The molecule has 0 aliphatic heterocycles. The number of hydrogen-bond acceptors (Lipinski definition) is 3. The van der Waals surface area contributed by atoms with Crippen LogP contribution in [0, 0.1) is 6.92 Å². The molecule has 0 saturated carbocycles. The number of hydrogen-bond donors (Lipinski definition) is 1. The molecule has 1 aromatic carbocycles. The molecule has 0 fully saturated rings. The van der Waals surface area contributed by atoms with E-state index in [1.54, 1.807) is 4.90 Å². The molecule has 0 saturated heterocycles. The molecule has 1 aromatic rings. The van der Waals surface area contributed by atoms with Gasteiger partial charge in [0.25, 0.3) is 0 Å². The summed E-state index contributed by atoms with van der Waals surface area (Å²) in [6.07, 6.45) is 0. The predicted octanol–water partition coefficient (Wildman–Crippen LogP) is 2.07. The van der Waals surface area contributed by atoms with Crippen molar-refractivity contribution in [1.29, 1.82) is 0 Å². The lowest BCUT2D eigenvalue weighted by molar-refractivity contribution is -0.127. The van der Waals surface area contributed by atoms with Crippen molar-refractivity contribution >= 4 is 17.7 Å². The summed E-state index contributed by atoms with van der Waals surface area (Å²) >= 11 is 1.49. The van der Waals surface area contributed by atoms with Gasteiger partial charge >= 0.3 is 0 Å². The lowest BCUT2D eigenvalue weighted by Gasteiger charge is -2.19. The van der Waals surface area contributed by atoms with Crippen LogP contribution in [0.4, 0.5) is 0 Å². The molecule has 0 aromatic heterocycles. The third-order valence-electron chi connectivity index (χ3n) is 2.84. The van der Waals surface area contributed by atoms with Crippen molar-refractivity contribution in [1.82, 2.24) is 4.90 Å². The largest absolute Gasteiger partial charge is 0.395 e. The highest BCUT2D eigenvalue weighted by atomic mass is 32.2. The average Bonchev–Trinajstić information content (AvgIpc) is 2.38. The molecular weight excluding hydrogens is 246 g/mol. The van der Waals surface area contributed by atoms with Gasteiger partial charge in [0, 0.05) is 18.8 Å². The fraction of sp³-hybridized carbons (Fsp3) is 0.500. The molecule has 3 nitrogen and oxygen atoms in total. The van der Waals surface area contributed by atoms with Gasteiger partial charge in [-0.15, -0.1) is 11.8 Å². The lowest BCUT2D eigenvalue weighted by atomic mass is 10.1. The Morgan fingerprint density at radius 3 is 2.72 bits per heavy atom. The third-order valence-corrected chi connectivity index (χ3v) is 3.97. The quantitative estimate of drug-likeness (QED) is 0.858. The zero-order chi connectivity index (χ0) is 13.5. The summed E-state index contributed by atoms with van der Waals surface area (Å²) in [5.74, 6) is 0.521. The van der Waals surface area contributed by atoms with Crippen LogP contribution in [0.2, 0.25) is 0 Å². The zero-order valence-corrected chi connectivity index (χ0v) is 12.0. The van der Waals surface area contributed by atoms with E-state index in [9.17, 15) is 4.79 Å². The van der Waals surface area contributed by atoms with Gasteiger partial charge in [0.15, 0.2) is 0 Å². The fourth-order valence-electron chi connectivity index (χ4n) is 1.51. The summed E-state index contributed by atoms with van der Waals surface area (Å²) in [6, 6.07) is 8.08. The van der Waals surface area contributed by atoms with Crippen molar-refractivity contribution in [2.45, 2.75) is 25.6 Å². The van der Waals surface area contributed by atoms with Crippen molar-refractivity contribution in [3.05, 3.63) is 35.4 Å². The standard InChI is InChI=1S/C14H21NO2S/c1-11-6-4-5-7-13(11)8-15(3)14(17)10-18-12(2)9-16/h4-7,12,16H,8-10H2,1-3H3. The number of aliphatic hydroxyl groups is 1. The molecular formula is C14H21NO2S. The van der Waals surface area contributed by atoms with Crippen molar-refractivity contribution in [3.63, 3.8) is 0 Å². The first kappa shape index (κ1) is 15.1. The Morgan fingerprint density at radius 1 is 1.44 bits per heavy atom. The van der Waals surface area contributed by atoms with E-state index in [1.807, 2.05) is 32.2 Å². The van der Waals surface area contributed by atoms with Crippen LogP contribution < -0.4 is 0 Å². The third kappa shape index (κ3) is 4.70. The van der Waals surface area contributed by atoms with Crippen LogP contribution >= 0.6 is 11.8 Å². The molecule has 0 bridgehead atoms. The molecule has 1 amide bonds. The maximum Gasteiger partial charge on any atom is 0.232 e. The second-order valence-corrected chi connectivity index (χ2v) is 5.91. The average molecular weight is 267 g/mol. The normalized spacial score (nSPS) is 12.2. The molecule has 18 heavy (non-hydrogen) atoms. The number of thioether (sulfide) groups is 1. The first-order valence-corrected chi connectivity index (χ1v) is 7.10. The number of aliphatic hydroxyl groups excluding tert-OH is 1. The smallest absolute Gasteiger partial charge is 0.232 e. The van der Waals surface area contributed by atoms with E-state index in [-0.39, 0.29) is 17.8 Å². The van der Waals surface area contributed by atoms with Crippen LogP contribution in [0.3, 0.4) is 0 Å². The SMILES string of the molecule is Cc1ccccc1CN(C)C(=O)CSC(C)CO. The van der Waals surface area contributed by atoms with E-state index in [4.69, 9.17) is 5.11 Å². The minimum atomic E-state index is 0.101. The van der Waals surface area contributed by atoms with Gasteiger partial charge in [-0.2, -0.15) is 0 Å². The van der Waals surface area contributed by atoms with E-state index in [1.165, 1.54) is 22.9 Å². The summed E-state index contributed by atoms with van der Waals surface area (Å²) < 4.78 is 0. The van der Waals surface area contributed by atoms with Gasteiger partial charge in [0.2, 0.25) is 5.91 Å². The minimum Gasteiger partial charge on any atom is -0.395 e. The first-order chi connectivity index (χ1) is 8.54. The molecule has 1 N–H and O–H groups in total. The van der Waals surface area contributed by atoms with Gasteiger partial charge in [0.05, 0.1) is 12.4 Å². The molecule has 100 valence electrons. The van der Waals surface area contributed by atoms with Gasteiger partial charge < -0.3 is 10.0 Å². The number of carbonyl (C=O) groups excluding carboxylic acids is 1. The van der Waals surface area contributed by atoms with Crippen LogP contribution in [0.15, 0.2) is 24.3 Å². The Hall–Kier alpha value is -1.000. The number of aryl methyl sites for hydroxylation is 1. The lowest BCUT2D eigenvalue weighted by Crippen LogP contribution is -2.28. The summed E-state index contributed by atoms with van der Waals surface area (Å²) in [5, 5.41) is 9.02. The molecule has 1 unspecified atom stereocenters. The number of nitrogens with zero attached hydrogens (tertiary/aromatic N) is 1. The van der Waals surface area contributed by atoms with Crippen LogP contribution in [-0.2, 0) is 11.3 Å². The molecule has 0 heterocycles. The fourth-order valence-corrected chi connectivity index (χ4v) is 2.26. The molecule has 1 atom stereocenters. The maximum absolute atomic E-state index is 11.9. The van der Waals surface area contributed by atoms with Crippen molar-refractivity contribution in [2.24, 2.45) is 0 Å². The second-order valence-electron chi connectivity index (χ2n) is 4.48. The Bertz CT molecular complexity index is 395. The van der Waals surface area contributed by atoms with Gasteiger partial charge in [-0.05, 0) is 18.1 Å². The Labute approximate surface area is 113 Å². The number of rotatable bonds is 6. The van der Waals surface area contributed by atoms with E-state index in [0.717, 1.165) is 0 Å². The van der Waals surface area contributed by atoms with Crippen LogP contribution in [-0.4, -0.2) is 40.6 Å². The molecule has 0 spiro atoms. The maximum atomic E-state index is 11.9. The minimum absolute atomic E-state index is 0.101. The summed E-state index contributed by atoms with van der Waals surface area (Å²) in [5.41, 5.74) is 2.38. The Kier molecular flexibility index (Phi) is 6.22. The van der Waals surface area contributed by atoms with Gasteiger partial charge in [0.1, 0.15) is 0 Å². The van der Waals surface area contributed by atoms with E-state index >= 15 is 0 Å². The highest BCUT2D eigenvalue weighted by Crippen LogP contribution is 2.13. The van der Waals surface area contributed by atoms with E-state index in [0.29, 0.717) is 12.3 Å². The molecule has 0 radical (unpaired) electrons. The van der Waals surface area contributed by atoms with Gasteiger partial charge in [-0.1, -0.05) is 31.2 Å².